The molecule has 0 bridgehead atoms. The molecule has 0 radical (unpaired) electrons. The summed E-state index contributed by atoms with van der Waals surface area (Å²) in [5, 5.41) is 0. The van der Waals surface area contributed by atoms with Gasteiger partial charge in [0.05, 0.1) is 12.9 Å². The highest BCUT2D eigenvalue weighted by atomic mass is 32.2. The van der Waals surface area contributed by atoms with Crippen LogP contribution in [0.2, 0.25) is 0 Å². The number of benzene rings is 2. The van der Waals surface area contributed by atoms with Gasteiger partial charge in [-0.3, -0.25) is 0 Å². The van der Waals surface area contributed by atoms with Crippen molar-refractivity contribution in [3.8, 4) is 5.75 Å². The van der Waals surface area contributed by atoms with Gasteiger partial charge in [0.15, 0.2) is 0 Å². The summed E-state index contributed by atoms with van der Waals surface area (Å²) in [7, 11) is -1.79. The van der Waals surface area contributed by atoms with E-state index in [0.29, 0.717) is 6.42 Å². The lowest BCUT2D eigenvalue weighted by Gasteiger charge is -2.18. The zero-order valence-electron chi connectivity index (χ0n) is 12.8. The van der Waals surface area contributed by atoms with Crippen molar-refractivity contribution in [2.45, 2.75) is 25.1 Å². The molecule has 2 aromatic carbocycles. The number of sulfonamides is 1. The van der Waals surface area contributed by atoms with Gasteiger partial charge in [-0.15, -0.1) is 0 Å². The molecule has 118 valence electrons. The molecule has 0 aliphatic carbocycles. The molecule has 22 heavy (non-hydrogen) atoms. The molecule has 1 N–H and O–H groups in total. The van der Waals surface area contributed by atoms with Crippen molar-refractivity contribution in [3.05, 3.63) is 65.7 Å². The van der Waals surface area contributed by atoms with Gasteiger partial charge in [0.2, 0.25) is 10.0 Å². The number of hydrogen-bond acceptors (Lipinski definition) is 3. The second kappa shape index (κ2) is 7.42. The van der Waals surface area contributed by atoms with E-state index in [4.69, 9.17) is 4.74 Å². The van der Waals surface area contributed by atoms with Crippen LogP contribution in [0.15, 0.2) is 54.6 Å². The van der Waals surface area contributed by atoms with Crippen LogP contribution in [-0.4, -0.2) is 15.5 Å². The van der Waals surface area contributed by atoms with Crippen LogP contribution in [0.4, 0.5) is 0 Å². The predicted octanol–water partition coefficient (Wildman–Crippen LogP) is 3.27. The minimum absolute atomic E-state index is 0.0134. The average molecular weight is 319 g/mol. The third-order valence-corrected chi connectivity index (χ3v) is 4.80. The number of methoxy groups -OCH3 is 1. The van der Waals surface area contributed by atoms with Crippen LogP contribution in [0.3, 0.4) is 0 Å². The van der Waals surface area contributed by atoms with Crippen molar-refractivity contribution >= 4 is 10.0 Å². The molecule has 0 unspecified atom stereocenters. The molecule has 0 aromatic heterocycles. The van der Waals surface area contributed by atoms with Crippen molar-refractivity contribution in [1.82, 2.24) is 4.72 Å². The van der Waals surface area contributed by atoms with E-state index in [9.17, 15) is 8.42 Å². The molecule has 4 nitrogen and oxygen atoms in total. The Morgan fingerprint density at radius 2 is 1.68 bits per heavy atom. The van der Waals surface area contributed by atoms with Gasteiger partial charge in [0, 0.05) is 6.04 Å². The number of hydrogen-bond donors (Lipinski definition) is 1. The van der Waals surface area contributed by atoms with E-state index in [1.54, 1.807) is 7.11 Å². The number of nitrogens with one attached hydrogen (secondary N) is 1. The lowest BCUT2D eigenvalue weighted by molar-refractivity contribution is 0.414. The molecule has 0 amide bonds. The molecule has 0 saturated heterocycles. The van der Waals surface area contributed by atoms with Gasteiger partial charge >= 0.3 is 0 Å². The fraction of sp³-hybridized carbons (Fsp3) is 0.294. The molecule has 1 atom stereocenters. The zero-order chi connectivity index (χ0) is 16.0. The maximum absolute atomic E-state index is 12.3. The van der Waals surface area contributed by atoms with Crippen LogP contribution in [0.1, 0.15) is 30.5 Å². The van der Waals surface area contributed by atoms with Crippen LogP contribution in [0.5, 0.6) is 5.75 Å². The van der Waals surface area contributed by atoms with Crippen molar-refractivity contribution in [2.24, 2.45) is 0 Å². The van der Waals surface area contributed by atoms with E-state index in [0.717, 1.165) is 16.9 Å². The summed E-state index contributed by atoms with van der Waals surface area (Å²) in [4.78, 5) is 0. The normalized spacial score (nSPS) is 12.8. The maximum Gasteiger partial charge on any atom is 0.216 e. The molecule has 5 heteroatoms. The van der Waals surface area contributed by atoms with E-state index < -0.39 is 10.0 Å². The Morgan fingerprint density at radius 1 is 1.05 bits per heavy atom. The first-order valence-electron chi connectivity index (χ1n) is 7.22. The fourth-order valence-corrected chi connectivity index (χ4v) is 3.73. The molecule has 0 spiro atoms. The van der Waals surface area contributed by atoms with E-state index >= 15 is 0 Å². The highest BCUT2D eigenvalue weighted by Gasteiger charge is 2.18. The van der Waals surface area contributed by atoms with Crippen molar-refractivity contribution in [2.75, 3.05) is 7.11 Å². The Morgan fingerprint density at radius 3 is 2.23 bits per heavy atom. The van der Waals surface area contributed by atoms with Gasteiger partial charge in [0.1, 0.15) is 5.75 Å². The molecule has 0 saturated carbocycles. The molecule has 0 aliphatic rings. The van der Waals surface area contributed by atoms with Gasteiger partial charge in [-0.05, 0) is 29.7 Å². The fourth-order valence-electron chi connectivity index (χ4n) is 2.28. The third kappa shape index (κ3) is 4.58. The Hall–Kier alpha value is -1.85. The Labute approximate surface area is 132 Å². The Kier molecular flexibility index (Phi) is 5.57. The Bertz CT molecular complexity index is 682. The van der Waals surface area contributed by atoms with Crippen molar-refractivity contribution in [1.29, 1.82) is 0 Å². The van der Waals surface area contributed by atoms with Gasteiger partial charge in [0.25, 0.3) is 0 Å². The highest BCUT2D eigenvalue weighted by molar-refractivity contribution is 7.88. The van der Waals surface area contributed by atoms with Crippen LogP contribution in [0, 0.1) is 0 Å². The molecule has 0 heterocycles. The molecular weight excluding hydrogens is 298 g/mol. The molecule has 2 rings (SSSR count). The summed E-state index contributed by atoms with van der Waals surface area (Å²) in [6.45, 7) is 1.96. The van der Waals surface area contributed by atoms with Gasteiger partial charge < -0.3 is 4.74 Å². The van der Waals surface area contributed by atoms with Crippen molar-refractivity contribution in [3.63, 3.8) is 0 Å². The summed E-state index contributed by atoms with van der Waals surface area (Å²) in [6, 6.07) is 16.4. The minimum atomic E-state index is -3.39. The summed E-state index contributed by atoms with van der Waals surface area (Å²) in [6.07, 6.45) is 0.681. The van der Waals surface area contributed by atoms with E-state index in [1.165, 1.54) is 0 Å². The SMILES string of the molecule is CC[C@@H](NS(=O)(=O)Cc1ccccc1)c1ccc(OC)cc1. The first-order valence-corrected chi connectivity index (χ1v) is 8.87. The van der Waals surface area contributed by atoms with Gasteiger partial charge in [-0.25, -0.2) is 13.1 Å². The second-order valence-corrected chi connectivity index (χ2v) is 6.85. The van der Waals surface area contributed by atoms with E-state index in [2.05, 4.69) is 4.72 Å². The standard InChI is InChI=1S/C17H21NO3S/c1-3-17(15-9-11-16(21-2)12-10-15)18-22(19,20)13-14-7-5-4-6-8-14/h4-12,17-18H,3,13H2,1-2H3/t17-/m1/s1. The summed E-state index contributed by atoms with van der Waals surface area (Å²) in [5.41, 5.74) is 1.71. The Balaban J connectivity index is 2.11. The van der Waals surface area contributed by atoms with E-state index in [-0.39, 0.29) is 11.8 Å². The molecule has 0 aliphatic heterocycles. The largest absolute Gasteiger partial charge is 0.497 e. The number of ether oxygens (including phenoxy) is 1. The van der Waals surface area contributed by atoms with Crippen LogP contribution < -0.4 is 9.46 Å². The van der Waals surface area contributed by atoms with Gasteiger partial charge in [-0.2, -0.15) is 0 Å². The quantitative estimate of drug-likeness (QED) is 0.852. The lowest BCUT2D eigenvalue weighted by atomic mass is 10.1. The predicted molar refractivity (Wildman–Crippen MR) is 88.2 cm³/mol. The second-order valence-electron chi connectivity index (χ2n) is 5.10. The molecule has 0 fully saturated rings. The van der Waals surface area contributed by atoms with E-state index in [1.807, 2.05) is 61.5 Å². The first-order chi connectivity index (χ1) is 10.5. The van der Waals surface area contributed by atoms with Crippen LogP contribution >= 0.6 is 0 Å². The summed E-state index contributed by atoms with van der Waals surface area (Å²) in [5.74, 6) is 0.742. The summed E-state index contributed by atoms with van der Waals surface area (Å²) < 4.78 is 32.6. The molecular formula is C17H21NO3S. The zero-order valence-corrected chi connectivity index (χ0v) is 13.6. The average Bonchev–Trinajstić information content (AvgIpc) is 2.53. The van der Waals surface area contributed by atoms with Crippen molar-refractivity contribution < 1.29 is 13.2 Å². The smallest absolute Gasteiger partial charge is 0.216 e. The maximum atomic E-state index is 12.3. The van der Waals surface area contributed by atoms with Crippen LogP contribution in [0.25, 0.3) is 0 Å². The summed E-state index contributed by atoms with van der Waals surface area (Å²) >= 11 is 0. The van der Waals surface area contributed by atoms with Crippen LogP contribution in [-0.2, 0) is 15.8 Å². The lowest BCUT2D eigenvalue weighted by Crippen LogP contribution is -2.29. The molecule has 2 aromatic rings. The monoisotopic (exact) mass is 319 g/mol. The highest BCUT2D eigenvalue weighted by Crippen LogP contribution is 2.21. The third-order valence-electron chi connectivity index (χ3n) is 3.45. The first kappa shape index (κ1) is 16.5. The van der Waals surface area contributed by atoms with Gasteiger partial charge in [-0.1, -0.05) is 49.4 Å². The number of rotatable bonds is 7. The topological polar surface area (TPSA) is 55.4 Å². The minimum Gasteiger partial charge on any atom is -0.497 e.